The number of nitrogens with one attached hydrogen (secondary N) is 1. The molecule has 1 aromatic rings. The topological polar surface area (TPSA) is 33.1 Å². The van der Waals surface area contributed by atoms with Crippen LogP contribution in [0.4, 0.5) is 8.78 Å². The summed E-state index contributed by atoms with van der Waals surface area (Å²) in [5.74, 6) is 0.375. The van der Waals surface area contributed by atoms with Gasteiger partial charge in [-0.1, -0.05) is 0 Å². The molecule has 1 heterocycles. The van der Waals surface area contributed by atoms with E-state index in [1.54, 1.807) is 0 Å². The maximum atomic E-state index is 12.4. The molecule has 0 aliphatic heterocycles. The highest BCUT2D eigenvalue weighted by Crippen LogP contribution is 2.11. The predicted molar refractivity (Wildman–Crippen MR) is 58.4 cm³/mol. The molecule has 0 unspecified atom stereocenters. The molecule has 1 aromatic heterocycles. The summed E-state index contributed by atoms with van der Waals surface area (Å²) in [5.41, 5.74) is 0. The molecular weight excluding hydrogens is 214 g/mol. The zero-order valence-electron chi connectivity index (χ0n) is 9.66. The van der Waals surface area contributed by atoms with Gasteiger partial charge in [0.2, 0.25) is 0 Å². The largest absolute Gasteiger partial charge is 0.319 e. The summed E-state index contributed by atoms with van der Waals surface area (Å²) < 4.78 is 25.7. The van der Waals surface area contributed by atoms with Gasteiger partial charge in [-0.05, 0) is 33.6 Å². The van der Waals surface area contributed by atoms with Crippen molar-refractivity contribution >= 4 is 0 Å². The molecule has 4 nitrogen and oxygen atoms in total. The lowest BCUT2D eigenvalue weighted by Crippen LogP contribution is -2.22. The van der Waals surface area contributed by atoms with Crippen LogP contribution in [0.5, 0.6) is 0 Å². The number of aromatic nitrogens is 2. The number of imidazole rings is 1. The van der Waals surface area contributed by atoms with Crippen molar-refractivity contribution in [3.63, 3.8) is 0 Å². The minimum absolute atomic E-state index is 0.375. The molecule has 92 valence electrons. The normalized spacial score (nSPS) is 11.6. The third-order valence-corrected chi connectivity index (χ3v) is 2.20. The summed E-state index contributed by atoms with van der Waals surface area (Å²) in [6, 6.07) is 0. The van der Waals surface area contributed by atoms with Crippen molar-refractivity contribution in [3.8, 4) is 0 Å². The molecule has 0 spiro atoms. The van der Waals surface area contributed by atoms with Gasteiger partial charge in [0.25, 0.3) is 0 Å². The van der Waals surface area contributed by atoms with E-state index in [9.17, 15) is 8.78 Å². The Bertz CT molecular complexity index is 299. The molecule has 0 aromatic carbocycles. The van der Waals surface area contributed by atoms with Gasteiger partial charge in [0, 0.05) is 12.4 Å². The number of hydrogen-bond acceptors (Lipinski definition) is 3. The molecule has 0 saturated heterocycles. The standard InChI is InChI=1S/C10H18F2N4/c1-15(2)6-3-4-13-8-9-14-5-7-16(9)10(11)12/h5,7,10,13H,3-4,6,8H2,1-2H3. The van der Waals surface area contributed by atoms with Gasteiger partial charge in [-0.2, -0.15) is 8.78 Å². The first-order valence-corrected chi connectivity index (χ1v) is 5.26. The summed E-state index contributed by atoms with van der Waals surface area (Å²) in [6.07, 6.45) is 3.67. The van der Waals surface area contributed by atoms with Gasteiger partial charge in [0.05, 0.1) is 6.54 Å². The van der Waals surface area contributed by atoms with E-state index in [0.717, 1.165) is 24.1 Å². The van der Waals surface area contributed by atoms with Gasteiger partial charge in [0.15, 0.2) is 0 Å². The van der Waals surface area contributed by atoms with Crippen LogP contribution in [-0.2, 0) is 6.54 Å². The molecule has 0 aliphatic rings. The minimum Gasteiger partial charge on any atom is -0.310 e. The second-order valence-corrected chi connectivity index (χ2v) is 3.86. The van der Waals surface area contributed by atoms with E-state index in [4.69, 9.17) is 0 Å². The average molecular weight is 232 g/mol. The monoisotopic (exact) mass is 232 g/mol. The summed E-state index contributed by atoms with van der Waals surface area (Å²) in [5, 5.41) is 3.10. The van der Waals surface area contributed by atoms with Gasteiger partial charge in [-0.3, -0.25) is 4.57 Å². The number of rotatable bonds is 7. The lowest BCUT2D eigenvalue weighted by molar-refractivity contribution is 0.0666. The maximum Gasteiger partial charge on any atom is 0.319 e. The maximum absolute atomic E-state index is 12.4. The van der Waals surface area contributed by atoms with E-state index < -0.39 is 6.55 Å². The first-order chi connectivity index (χ1) is 7.61. The fraction of sp³-hybridized carbons (Fsp3) is 0.700. The first-order valence-electron chi connectivity index (χ1n) is 5.26. The molecule has 0 fully saturated rings. The molecule has 0 bridgehead atoms. The van der Waals surface area contributed by atoms with Crippen LogP contribution in [0.25, 0.3) is 0 Å². The van der Waals surface area contributed by atoms with Crippen molar-refractivity contribution in [1.82, 2.24) is 19.8 Å². The van der Waals surface area contributed by atoms with Crippen molar-refractivity contribution in [1.29, 1.82) is 0 Å². The highest BCUT2D eigenvalue weighted by Gasteiger charge is 2.10. The van der Waals surface area contributed by atoms with Crippen molar-refractivity contribution in [2.75, 3.05) is 27.2 Å². The highest BCUT2D eigenvalue weighted by atomic mass is 19.3. The molecule has 16 heavy (non-hydrogen) atoms. The molecule has 0 radical (unpaired) electrons. The molecule has 1 N–H and O–H groups in total. The molecule has 0 saturated carbocycles. The van der Waals surface area contributed by atoms with Gasteiger partial charge < -0.3 is 10.2 Å². The number of hydrogen-bond donors (Lipinski definition) is 1. The van der Waals surface area contributed by atoms with Gasteiger partial charge in [-0.25, -0.2) is 4.98 Å². The smallest absolute Gasteiger partial charge is 0.310 e. The van der Waals surface area contributed by atoms with Crippen LogP contribution in [0.15, 0.2) is 12.4 Å². The summed E-state index contributed by atoms with van der Waals surface area (Å²) in [6.45, 7) is -0.351. The Morgan fingerprint density at radius 1 is 1.50 bits per heavy atom. The van der Waals surface area contributed by atoms with Crippen LogP contribution in [0.3, 0.4) is 0 Å². The van der Waals surface area contributed by atoms with Crippen LogP contribution in [0.2, 0.25) is 0 Å². The van der Waals surface area contributed by atoms with Crippen molar-refractivity contribution in [3.05, 3.63) is 18.2 Å². The van der Waals surface area contributed by atoms with Crippen molar-refractivity contribution in [2.24, 2.45) is 0 Å². The van der Waals surface area contributed by atoms with E-state index in [1.165, 1.54) is 12.4 Å². The van der Waals surface area contributed by atoms with Gasteiger partial charge >= 0.3 is 6.55 Å². The zero-order chi connectivity index (χ0) is 12.0. The Kier molecular flexibility index (Phi) is 5.34. The first kappa shape index (κ1) is 13.1. The Labute approximate surface area is 94.3 Å². The van der Waals surface area contributed by atoms with E-state index in [2.05, 4.69) is 15.2 Å². The summed E-state index contributed by atoms with van der Waals surface area (Å²) in [4.78, 5) is 5.97. The second-order valence-electron chi connectivity index (χ2n) is 3.86. The molecule has 0 aliphatic carbocycles. The molecule has 0 amide bonds. The van der Waals surface area contributed by atoms with E-state index in [1.807, 2.05) is 14.1 Å². The minimum atomic E-state index is -2.51. The van der Waals surface area contributed by atoms with Crippen LogP contribution in [0.1, 0.15) is 18.8 Å². The van der Waals surface area contributed by atoms with E-state index >= 15 is 0 Å². The van der Waals surface area contributed by atoms with Crippen LogP contribution < -0.4 is 5.32 Å². The van der Waals surface area contributed by atoms with Gasteiger partial charge in [0.1, 0.15) is 5.82 Å². The molecule has 6 heteroatoms. The third kappa shape index (κ3) is 4.24. The molecular formula is C10H18F2N4. The quantitative estimate of drug-likeness (QED) is 0.720. The lowest BCUT2D eigenvalue weighted by atomic mass is 10.4. The number of alkyl halides is 2. The van der Waals surface area contributed by atoms with Gasteiger partial charge in [-0.15, -0.1) is 0 Å². The predicted octanol–water partition coefficient (Wildman–Crippen LogP) is 1.32. The fourth-order valence-electron chi connectivity index (χ4n) is 1.38. The average Bonchev–Trinajstić information content (AvgIpc) is 2.65. The number of halogens is 2. The molecule has 0 atom stereocenters. The second kappa shape index (κ2) is 6.55. The summed E-state index contributed by atoms with van der Waals surface area (Å²) in [7, 11) is 4.01. The Morgan fingerprint density at radius 2 is 2.25 bits per heavy atom. The van der Waals surface area contributed by atoms with Crippen LogP contribution in [-0.4, -0.2) is 41.6 Å². The Hall–Kier alpha value is -1.01. The zero-order valence-corrected chi connectivity index (χ0v) is 9.66. The van der Waals surface area contributed by atoms with E-state index in [-0.39, 0.29) is 0 Å². The Balaban J connectivity index is 2.24. The van der Waals surface area contributed by atoms with Crippen molar-refractivity contribution in [2.45, 2.75) is 19.5 Å². The highest BCUT2D eigenvalue weighted by molar-refractivity contribution is 4.92. The third-order valence-electron chi connectivity index (χ3n) is 2.20. The fourth-order valence-corrected chi connectivity index (χ4v) is 1.38. The van der Waals surface area contributed by atoms with Crippen LogP contribution in [0, 0.1) is 0 Å². The SMILES string of the molecule is CN(C)CCCNCc1nccn1C(F)F. The Morgan fingerprint density at radius 3 is 2.88 bits per heavy atom. The van der Waals surface area contributed by atoms with Crippen molar-refractivity contribution < 1.29 is 8.78 Å². The van der Waals surface area contributed by atoms with E-state index in [0.29, 0.717) is 12.4 Å². The van der Waals surface area contributed by atoms with Crippen LogP contribution >= 0.6 is 0 Å². The number of nitrogens with zero attached hydrogens (tertiary/aromatic N) is 3. The summed E-state index contributed by atoms with van der Waals surface area (Å²) >= 11 is 0. The molecule has 1 rings (SSSR count). The lowest BCUT2D eigenvalue weighted by Gasteiger charge is -2.10.